The Hall–Kier alpha value is -3.23. The predicted octanol–water partition coefficient (Wildman–Crippen LogP) is 5.13. The van der Waals surface area contributed by atoms with Crippen LogP contribution in [-0.2, 0) is 6.18 Å². The third-order valence-electron chi connectivity index (χ3n) is 5.53. The SMILES string of the molecule is O=C(Nc1ccc(C(F)(F)F)cc1)Nc1ccc2c(c1)C(=O)N1CCCCC1CCO2. The Labute approximate surface area is 177 Å². The Morgan fingerprint density at radius 1 is 1.00 bits per heavy atom. The number of piperidine rings is 1. The van der Waals surface area contributed by atoms with Gasteiger partial charge in [0.15, 0.2) is 0 Å². The summed E-state index contributed by atoms with van der Waals surface area (Å²) < 4.78 is 43.7. The van der Waals surface area contributed by atoms with Crippen molar-refractivity contribution in [3.05, 3.63) is 53.6 Å². The average Bonchev–Trinajstić information content (AvgIpc) is 2.73. The number of hydrogen-bond acceptors (Lipinski definition) is 3. The van der Waals surface area contributed by atoms with Crippen LogP contribution in [0.4, 0.5) is 29.3 Å². The third-order valence-corrected chi connectivity index (χ3v) is 5.53. The second-order valence-electron chi connectivity index (χ2n) is 7.65. The zero-order chi connectivity index (χ0) is 22.0. The van der Waals surface area contributed by atoms with Crippen molar-refractivity contribution in [1.29, 1.82) is 0 Å². The van der Waals surface area contributed by atoms with Gasteiger partial charge in [-0.2, -0.15) is 13.2 Å². The lowest BCUT2D eigenvalue weighted by Gasteiger charge is -2.37. The lowest BCUT2D eigenvalue weighted by Crippen LogP contribution is -2.45. The van der Waals surface area contributed by atoms with Crippen LogP contribution in [0.5, 0.6) is 5.75 Å². The molecule has 2 heterocycles. The first-order chi connectivity index (χ1) is 14.8. The molecule has 2 N–H and O–H groups in total. The van der Waals surface area contributed by atoms with Crippen LogP contribution in [0.25, 0.3) is 0 Å². The molecule has 1 atom stereocenters. The van der Waals surface area contributed by atoms with E-state index in [9.17, 15) is 22.8 Å². The summed E-state index contributed by atoms with van der Waals surface area (Å²) in [6.45, 7) is 1.22. The van der Waals surface area contributed by atoms with E-state index in [1.807, 2.05) is 4.90 Å². The summed E-state index contributed by atoms with van der Waals surface area (Å²) >= 11 is 0. The van der Waals surface area contributed by atoms with Crippen LogP contribution in [0.1, 0.15) is 41.6 Å². The minimum Gasteiger partial charge on any atom is -0.493 e. The number of nitrogens with zero attached hydrogens (tertiary/aromatic N) is 1. The summed E-state index contributed by atoms with van der Waals surface area (Å²) in [5.74, 6) is 0.355. The maximum absolute atomic E-state index is 13.1. The average molecular weight is 433 g/mol. The number of amides is 3. The Morgan fingerprint density at radius 2 is 1.71 bits per heavy atom. The fraction of sp³-hybridized carbons (Fsp3) is 0.364. The molecule has 3 amide bonds. The van der Waals surface area contributed by atoms with E-state index >= 15 is 0 Å². The molecule has 1 fully saturated rings. The molecule has 164 valence electrons. The van der Waals surface area contributed by atoms with E-state index in [1.165, 1.54) is 12.1 Å². The van der Waals surface area contributed by atoms with Crippen molar-refractivity contribution in [1.82, 2.24) is 4.90 Å². The highest BCUT2D eigenvalue weighted by Crippen LogP contribution is 2.32. The number of carbonyl (C=O) groups excluding carboxylic acids is 2. The molecule has 0 bridgehead atoms. The molecule has 2 aromatic rings. The molecular weight excluding hydrogens is 411 g/mol. The van der Waals surface area contributed by atoms with Gasteiger partial charge in [-0.25, -0.2) is 4.79 Å². The first-order valence-corrected chi connectivity index (χ1v) is 10.1. The molecule has 1 unspecified atom stereocenters. The van der Waals surface area contributed by atoms with Crippen LogP contribution in [0.3, 0.4) is 0 Å². The molecule has 9 heteroatoms. The van der Waals surface area contributed by atoms with E-state index in [0.29, 0.717) is 30.2 Å². The van der Waals surface area contributed by atoms with Gasteiger partial charge in [-0.1, -0.05) is 0 Å². The van der Waals surface area contributed by atoms with Gasteiger partial charge in [0.2, 0.25) is 0 Å². The molecule has 0 spiro atoms. The smallest absolute Gasteiger partial charge is 0.416 e. The predicted molar refractivity (Wildman–Crippen MR) is 109 cm³/mol. The number of halogens is 3. The van der Waals surface area contributed by atoms with Crippen LogP contribution in [-0.4, -0.2) is 36.0 Å². The highest BCUT2D eigenvalue weighted by Gasteiger charge is 2.31. The second-order valence-corrected chi connectivity index (χ2v) is 7.65. The molecule has 2 aromatic carbocycles. The van der Waals surface area contributed by atoms with E-state index in [-0.39, 0.29) is 17.6 Å². The summed E-state index contributed by atoms with van der Waals surface area (Å²) in [4.78, 5) is 27.3. The molecule has 2 aliphatic rings. The van der Waals surface area contributed by atoms with Crippen molar-refractivity contribution < 1.29 is 27.5 Å². The number of hydrogen-bond donors (Lipinski definition) is 2. The number of nitrogens with one attached hydrogen (secondary N) is 2. The van der Waals surface area contributed by atoms with Crippen LogP contribution in [0, 0.1) is 0 Å². The molecule has 31 heavy (non-hydrogen) atoms. The second kappa shape index (κ2) is 8.49. The van der Waals surface area contributed by atoms with Crippen molar-refractivity contribution in [3.8, 4) is 5.75 Å². The minimum absolute atomic E-state index is 0.119. The zero-order valence-electron chi connectivity index (χ0n) is 16.7. The monoisotopic (exact) mass is 433 g/mol. The van der Waals surface area contributed by atoms with E-state index in [1.54, 1.807) is 18.2 Å². The normalized spacial score (nSPS) is 18.7. The summed E-state index contributed by atoms with van der Waals surface area (Å²) in [6.07, 6.45) is -0.638. The Morgan fingerprint density at radius 3 is 2.45 bits per heavy atom. The summed E-state index contributed by atoms with van der Waals surface area (Å²) in [5.41, 5.74) is 0.190. The fourth-order valence-electron chi connectivity index (χ4n) is 3.96. The van der Waals surface area contributed by atoms with Gasteiger partial charge in [0.25, 0.3) is 5.91 Å². The molecule has 0 aromatic heterocycles. The van der Waals surface area contributed by atoms with Gasteiger partial charge < -0.3 is 20.3 Å². The van der Waals surface area contributed by atoms with E-state index in [0.717, 1.165) is 37.8 Å². The number of benzene rings is 2. The lowest BCUT2D eigenvalue weighted by molar-refractivity contribution is -0.137. The topological polar surface area (TPSA) is 70.7 Å². The third kappa shape index (κ3) is 4.76. The van der Waals surface area contributed by atoms with E-state index in [4.69, 9.17) is 4.74 Å². The fourth-order valence-corrected chi connectivity index (χ4v) is 3.96. The zero-order valence-corrected chi connectivity index (χ0v) is 16.7. The van der Waals surface area contributed by atoms with Crippen LogP contribution >= 0.6 is 0 Å². The highest BCUT2D eigenvalue weighted by molar-refractivity contribution is 6.02. The van der Waals surface area contributed by atoms with Crippen molar-refractivity contribution in [2.45, 2.75) is 37.9 Å². The number of fused-ring (bicyclic) bond motifs is 2. The maximum Gasteiger partial charge on any atom is 0.416 e. The summed E-state index contributed by atoms with van der Waals surface area (Å²) in [5, 5.41) is 5.10. The number of carbonyl (C=O) groups is 2. The van der Waals surface area contributed by atoms with Gasteiger partial charge in [-0.05, 0) is 61.7 Å². The van der Waals surface area contributed by atoms with Crippen molar-refractivity contribution in [2.75, 3.05) is 23.8 Å². The first kappa shape index (κ1) is 21.0. The van der Waals surface area contributed by atoms with Gasteiger partial charge in [-0.3, -0.25) is 4.79 Å². The Bertz CT molecular complexity index is 976. The lowest BCUT2D eigenvalue weighted by atomic mass is 9.97. The number of rotatable bonds is 2. The van der Waals surface area contributed by atoms with Crippen LogP contribution < -0.4 is 15.4 Å². The number of urea groups is 1. The van der Waals surface area contributed by atoms with Crippen molar-refractivity contribution >= 4 is 23.3 Å². The standard InChI is InChI=1S/C22H22F3N3O3/c23-22(24,25)14-4-6-15(7-5-14)26-21(30)27-16-8-9-19-18(13-16)20(29)28-11-2-1-3-17(28)10-12-31-19/h4-9,13,17H,1-3,10-12H2,(H2,26,27,30). The molecule has 4 rings (SSSR count). The molecule has 0 aliphatic carbocycles. The Balaban J connectivity index is 1.47. The molecule has 0 radical (unpaired) electrons. The number of alkyl halides is 3. The number of ether oxygens (including phenoxy) is 1. The largest absolute Gasteiger partial charge is 0.493 e. The van der Waals surface area contributed by atoms with Crippen molar-refractivity contribution in [3.63, 3.8) is 0 Å². The molecular formula is C22H22F3N3O3. The van der Waals surface area contributed by atoms with Crippen LogP contribution in [0.2, 0.25) is 0 Å². The molecule has 6 nitrogen and oxygen atoms in total. The number of anilines is 2. The van der Waals surface area contributed by atoms with Gasteiger partial charge in [0.1, 0.15) is 5.75 Å². The molecule has 2 aliphatic heterocycles. The van der Waals surface area contributed by atoms with E-state index < -0.39 is 17.8 Å². The van der Waals surface area contributed by atoms with Gasteiger partial charge in [-0.15, -0.1) is 0 Å². The Kier molecular flexibility index (Phi) is 5.75. The van der Waals surface area contributed by atoms with Gasteiger partial charge in [0, 0.05) is 30.4 Å². The van der Waals surface area contributed by atoms with Crippen molar-refractivity contribution in [2.24, 2.45) is 0 Å². The quantitative estimate of drug-likeness (QED) is 0.690. The maximum atomic E-state index is 13.1. The summed E-state index contributed by atoms with van der Waals surface area (Å²) in [6, 6.07) is 8.51. The minimum atomic E-state index is -4.44. The van der Waals surface area contributed by atoms with Gasteiger partial charge >= 0.3 is 12.2 Å². The first-order valence-electron chi connectivity index (χ1n) is 10.1. The van der Waals surface area contributed by atoms with Gasteiger partial charge in [0.05, 0.1) is 17.7 Å². The summed E-state index contributed by atoms with van der Waals surface area (Å²) in [7, 11) is 0. The molecule has 1 saturated heterocycles. The van der Waals surface area contributed by atoms with Crippen LogP contribution in [0.15, 0.2) is 42.5 Å². The highest BCUT2D eigenvalue weighted by atomic mass is 19.4. The molecule has 0 saturated carbocycles. The van der Waals surface area contributed by atoms with E-state index in [2.05, 4.69) is 10.6 Å².